The molecule has 2 aliphatic rings. The lowest BCUT2D eigenvalue weighted by atomic mass is 9.99. The minimum absolute atomic E-state index is 0.0516. The summed E-state index contributed by atoms with van der Waals surface area (Å²) in [5.74, 6) is 0.300. The maximum absolute atomic E-state index is 12.3. The summed E-state index contributed by atoms with van der Waals surface area (Å²) in [6, 6.07) is 0. The molecule has 0 radical (unpaired) electrons. The first kappa shape index (κ1) is 19.6. The molecule has 0 spiro atoms. The number of nitrogens with zero attached hydrogens (tertiary/aromatic N) is 1. The molecule has 6 nitrogen and oxygen atoms in total. The van der Waals surface area contributed by atoms with Gasteiger partial charge in [0.2, 0.25) is 5.91 Å². The lowest BCUT2D eigenvalue weighted by Gasteiger charge is -2.12. The van der Waals surface area contributed by atoms with Crippen LogP contribution in [0.2, 0.25) is 0 Å². The molecule has 0 saturated heterocycles. The van der Waals surface area contributed by atoms with E-state index < -0.39 is 0 Å². The number of benzene rings is 1. The van der Waals surface area contributed by atoms with Gasteiger partial charge < -0.3 is 14.5 Å². The highest BCUT2D eigenvalue weighted by Gasteiger charge is 2.19. The molecule has 0 atom stereocenters. The normalized spacial score (nSPS) is 12.6. The van der Waals surface area contributed by atoms with Crippen molar-refractivity contribution in [3.05, 3.63) is 50.3 Å². The second-order valence-electron chi connectivity index (χ2n) is 6.00. The maximum atomic E-state index is 12.3. The summed E-state index contributed by atoms with van der Waals surface area (Å²) < 4.78 is 10.9. The van der Waals surface area contributed by atoms with Crippen molar-refractivity contribution in [2.75, 3.05) is 20.3 Å². The minimum Gasteiger partial charge on any atom is -0.453 e. The summed E-state index contributed by atoms with van der Waals surface area (Å²) in [5, 5.41) is 3.31. The zero-order valence-corrected chi connectivity index (χ0v) is 15.6. The van der Waals surface area contributed by atoms with Crippen LogP contribution in [0.5, 0.6) is 0 Å². The third kappa shape index (κ3) is 4.08. The Morgan fingerprint density at radius 1 is 1.27 bits per heavy atom. The number of ether oxygens (including phenoxy) is 1. The fourth-order valence-corrected chi connectivity index (χ4v) is 2.60. The molecule has 6 heteroatoms. The van der Waals surface area contributed by atoms with Gasteiger partial charge in [0.15, 0.2) is 11.2 Å². The Kier molecular flexibility index (Phi) is 6.46. The van der Waals surface area contributed by atoms with Crippen molar-refractivity contribution in [2.45, 2.75) is 27.2 Å². The molecule has 0 fully saturated rings. The molecule has 0 saturated carbocycles. The van der Waals surface area contributed by atoms with Crippen LogP contribution in [0, 0.1) is 20.8 Å². The van der Waals surface area contributed by atoms with E-state index in [4.69, 9.17) is 9.15 Å². The molecule has 0 aromatic heterocycles. The Morgan fingerprint density at radius 2 is 2.00 bits per heavy atom. The first-order valence-electron chi connectivity index (χ1n) is 8.39. The Morgan fingerprint density at radius 3 is 2.65 bits per heavy atom. The van der Waals surface area contributed by atoms with Crippen molar-refractivity contribution in [3.8, 4) is 11.5 Å². The summed E-state index contributed by atoms with van der Waals surface area (Å²) in [6.45, 7) is 9.95. The quantitative estimate of drug-likeness (QED) is 0.780. The van der Waals surface area contributed by atoms with Crippen LogP contribution in [0.3, 0.4) is 0 Å². The van der Waals surface area contributed by atoms with E-state index in [1.807, 2.05) is 6.92 Å². The largest absolute Gasteiger partial charge is 0.453 e. The topological polar surface area (TPSA) is 81.4 Å². The summed E-state index contributed by atoms with van der Waals surface area (Å²) >= 11 is 0. The molecule has 0 bridgehead atoms. The van der Waals surface area contributed by atoms with Crippen molar-refractivity contribution in [1.29, 1.82) is 0 Å². The molecule has 0 unspecified atom stereocenters. The molecule has 1 aliphatic heterocycles. The average molecular weight is 356 g/mol. The van der Waals surface area contributed by atoms with E-state index in [1.54, 1.807) is 39.2 Å². The van der Waals surface area contributed by atoms with E-state index in [1.165, 1.54) is 0 Å². The summed E-state index contributed by atoms with van der Waals surface area (Å²) in [7, 11) is 1.58. The number of hydrogen-bond donors (Lipinski definition) is 1. The van der Waals surface area contributed by atoms with Crippen LogP contribution in [-0.4, -0.2) is 31.2 Å². The van der Waals surface area contributed by atoms with E-state index in [9.17, 15) is 9.59 Å². The van der Waals surface area contributed by atoms with E-state index in [0.29, 0.717) is 46.5 Å². The van der Waals surface area contributed by atoms with E-state index in [2.05, 4.69) is 16.9 Å². The van der Waals surface area contributed by atoms with Gasteiger partial charge in [-0.2, -0.15) is 0 Å². The molecule has 26 heavy (non-hydrogen) atoms. The highest BCUT2D eigenvalue weighted by Crippen LogP contribution is 2.23. The van der Waals surface area contributed by atoms with Crippen LogP contribution in [-0.2, 0) is 9.53 Å². The smallest absolute Gasteiger partial charge is 0.224 e. The predicted octanol–water partition coefficient (Wildman–Crippen LogP) is 0.965. The fraction of sp³-hybridized carbons (Fsp3) is 0.350. The number of hydrogen-bond acceptors (Lipinski definition) is 5. The number of aromatic nitrogens is 1. The first-order valence-corrected chi connectivity index (χ1v) is 8.39. The van der Waals surface area contributed by atoms with Gasteiger partial charge in [0.05, 0.1) is 6.61 Å². The molecule has 1 N–H and O–H groups in total. The predicted molar refractivity (Wildman–Crippen MR) is 101 cm³/mol. The van der Waals surface area contributed by atoms with Gasteiger partial charge in [-0.1, -0.05) is 12.7 Å². The third-order valence-corrected chi connectivity index (χ3v) is 4.23. The van der Waals surface area contributed by atoms with Crippen molar-refractivity contribution >= 4 is 18.1 Å². The highest BCUT2D eigenvalue weighted by molar-refractivity contribution is 5.80. The maximum Gasteiger partial charge on any atom is 0.224 e. The van der Waals surface area contributed by atoms with E-state index in [-0.39, 0.29) is 17.8 Å². The Balaban J connectivity index is 2.58. The van der Waals surface area contributed by atoms with Crippen LogP contribution < -0.4 is 21.5 Å². The van der Waals surface area contributed by atoms with Crippen LogP contribution in [0.4, 0.5) is 0 Å². The first-order chi connectivity index (χ1) is 12.4. The van der Waals surface area contributed by atoms with Crippen LogP contribution in [0.15, 0.2) is 21.9 Å². The van der Waals surface area contributed by atoms with Gasteiger partial charge in [-0.05, 0) is 38.5 Å². The number of methoxy groups -OCH3 is 1. The third-order valence-electron chi connectivity index (χ3n) is 4.23. The SMILES string of the molecule is C=C/C=c1/nc2c(C)c(C)c(=O)c(C)c-2o/c1=C/CC(=O)NCCOC. The van der Waals surface area contributed by atoms with Crippen LogP contribution >= 0.6 is 0 Å². The Labute approximate surface area is 152 Å². The zero-order chi connectivity index (χ0) is 19.3. The molecule has 2 rings (SSSR count). The molecule has 0 aromatic carbocycles. The van der Waals surface area contributed by atoms with E-state index in [0.717, 1.165) is 5.56 Å². The van der Waals surface area contributed by atoms with Gasteiger partial charge in [0, 0.05) is 31.2 Å². The summed E-state index contributed by atoms with van der Waals surface area (Å²) in [6.07, 6.45) is 5.11. The molecule has 138 valence electrons. The number of rotatable bonds is 6. The Bertz CT molecular complexity index is 973. The molecule has 1 amide bonds. The molecule has 1 heterocycles. The minimum atomic E-state index is -0.150. The number of fused-ring (bicyclic) bond motifs is 1. The zero-order valence-electron chi connectivity index (χ0n) is 15.6. The van der Waals surface area contributed by atoms with Crippen molar-refractivity contribution < 1.29 is 13.9 Å². The highest BCUT2D eigenvalue weighted by atomic mass is 16.5. The lowest BCUT2D eigenvalue weighted by molar-refractivity contribution is -0.120. The number of amides is 1. The summed E-state index contributed by atoms with van der Waals surface area (Å²) in [5.41, 5.74) is 3.00. The molecule has 0 aromatic rings. The summed E-state index contributed by atoms with van der Waals surface area (Å²) in [4.78, 5) is 28.9. The van der Waals surface area contributed by atoms with Crippen molar-refractivity contribution in [2.24, 2.45) is 0 Å². The average Bonchev–Trinajstić information content (AvgIpc) is 2.63. The second-order valence-corrected chi connectivity index (χ2v) is 6.00. The fourth-order valence-electron chi connectivity index (χ4n) is 2.60. The van der Waals surface area contributed by atoms with Gasteiger partial charge in [-0.3, -0.25) is 9.59 Å². The number of nitrogens with one attached hydrogen (secondary N) is 1. The van der Waals surface area contributed by atoms with Crippen molar-refractivity contribution in [1.82, 2.24) is 10.3 Å². The van der Waals surface area contributed by atoms with Gasteiger partial charge >= 0.3 is 0 Å². The van der Waals surface area contributed by atoms with Crippen LogP contribution in [0.1, 0.15) is 23.1 Å². The van der Waals surface area contributed by atoms with Gasteiger partial charge in [-0.15, -0.1) is 0 Å². The lowest BCUT2D eigenvalue weighted by Crippen LogP contribution is -2.32. The van der Waals surface area contributed by atoms with Crippen LogP contribution in [0.25, 0.3) is 23.6 Å². The molecular weight excluding hydrogens is 332 g/mol. The number of carbonyl (C=O) groups is 1. The van der Waals surface area contributed by atoms with Gasteiger partial charge in [0.1, 0.15) is 16.5 Å². The molecular formula is C20H24N2O4. The monoisotopic (exact) mass is 356 g/mol. The number of carbonyl (C=O) groups excluding carboxylic acids is 1. The number of allylic oxidation sites excluding steroid dienone is 1. The van der Waals surface area contributed by atoms with Gasteiger partial charge in [-0.25, -0.2) is 4.98 Å². The van der Waals surface area contributed by atoms with Crippen molar-refractivity contribution in [3.63, 3.8) is 0 Å². The molecule has 1 aliphatic carbocycles. The second kappa shape index (κ2) is 8.58. The van der Waals surface area contributed by atoms with Gasteiger partial charge in [0.25, 0.3) is 0 Å². The standard InChI is InChI=1S/C20H24N2O4/c1-6-7-15-16(8-9-17(23)21-10-11-25-5)26-20-14(4)19(24)13(3)12(2)18(20)22-15/h6-8H,1,9-11H2,2-5H3,(H,21,23)/b15-7+,16-8+. The van der Waals surface area contributed by atoms with E-state index >= 15 is 0 Å². The Hall–Kier alpha value is -2.73.